The molecule has 0 aliphatic rings. The van der Waals surface area contributed by atoms with Gasteiger partial charge < -0.3 is 9.32 Å². The molecule has 0 fully saturated rings. The summed E-state index contributed by atoms with van der Waals surface area (Å²) in [5.74, 6) is 0. The second-order valence-electron chi connectivity index (χ2n) is 9.34. The first-order chi connectivity index (χ1) is 18.4. The molecular formula is C34H21NOS. The van der Waals surface area contributed by atoms with Gasteiger partial charge in [-0.1, -0.05) is 91.0 Å². The molecule has 0 spiro atoms. The van der Waals surface area contributed by atoms with Crippen LogP contribution in [0.4, 0.5) is 17.1 Å². The van der Waals surface area contributed by atoms with E-state index in [1.807, 2.05) is 17.4 Å². The SMILES string of the molecule is c1ccc(N(c2cccc3ccccc23)c2cc3c4ccccc4oc3c3c2sc2ccccc23)cc1. The van der Waals surface area contributed by atoms with Crippen LogP contribution in [0.5, 0.6) is 0 Å². The second-order valence-corrected chi connectivity index (χ2v) is 10.4. The van der Waals surface area contributed by atoms with Crippen LogP contribution in [0, 0.1) is 0 Å². The number of furan rings is 1. The van der Waals surface area contributed by atoms with E-state index < -0.39 is 0 Å². The predicted octanol–water partition coefficient (Wildman–Crippen LogP) is 10.6. The van der Waals surface area contributed by atoms with Crippen molar-refractivity contribution in [1.82, 2.24) is 0 Å². The Morgan fingerprint density at radius 2 is 1.24 bits per heavy atom. The highest BCUT2D eigenvalue weighted by molar-refractivity contribution is 7.26. The third-order valence-corrected chi connectivity index (χ3v) is 8.43. The van der Waals surface area contributed by atoms with Gasteiger partial charge in [-0.05, 0) is 41.8 Å². The summed E-state index contributed by atoms with van der Waals surface area (Å²) in [6, 6.07) is 45.2. The van der Waals surface area contributed by atoms with E-state index in [9.17, 15) is 0 Å². The number of rotatable bonds is 3. The van der Waals surface area contributed by atoms with Gasteiger partial charge in [0.15, 0.2) is 0 Å². The second kappa shape index (κ2) is 7.95. The van der Waals surface area contributed by atoms with E-state index in [2.05, 4.69) is 126 Å². The highest BCUT2D eigenvalue weighted by atomic mass is 32.1. The first-order valence-corrected chi connectivity index (χ1v) is 13.3. The molecule has 2 heterocycles. The molecule has 0 atom stereocenters. The molecule has 2 aromatic heterocycles. The van der Waals surface area contributed by atoms with E-state index in [-0.39, 0.29) is 0 Å². The van der Waals surface area contributed by atoms with Crippen LogP contribution in [0.25, 0.3) is 52.9 Å². The van der Waals surface area contributed by atoms with Gasteiger partial charge >= 0.3 is 0 Å². The zero-order valence-electron chi connectivity index (χ0n) is 19.9. The summed E-state index contributed by atoms with van der Waals surface area (Å²) < 4.78 is 9.02. The van der Waals surface area contributed by atoms with Crippen LogP contribution < -0.4 is 4.90 Å². The summed E-state index contributed by atoms with van der Waals surface area (Å²) in [7, 11) is 0. The van der Waals surface area contributed by atoms with Gasteiger partial charge in [0.05, 0.1) is 16.1 Å². The zero-order valence-corrected chi connectivity index (χ0v) is 20.7. The van der Waals surface area contributed by atoms with Crippen LogP contribution in [-0.4, -0.2) is 0 Å². The maximum absolute atomic E-state index is 6.54. The first kappa shape index (κ1) is 20.6. The van der Waals surface area contributed by atoms with Crippen molar-refractivity contribution in [3.63, 3.8) is 0 Å². The van der Waals surface area contributed by atoms with E-state index in [1.54, 1.807) is 0 Å². The molecule has 2 nitrogen and oxygen atoms in total. The van der Waals surface area contributed by atoms with E-state index in [0.717, 1.165) is 39.0 Å². The van der Waals surface area contributed by atoms with Gasteiger partial charge in [-0.2, -0.15) is 0 Å². The summed E-state index contributed by atoms with van der Waals surface area (Å²) in [6.45, 7) is 0. The molecule has 0 bridgehead atoms. The molecule has 0 saturated heterocycles. The minimum atomic E-state index is 0.919. The number of thiophene rings is 1. The minimum absolute atomic E-state index is 0.919. The van der Waals surface area contributed by atoms with E-state index in [1.165, 1.54) is 30.9 Å². The average Bonchev–Trinajstić information content (AvgIpc) is 3.53. The lowest BCUT2D eigenvalue weighted by atomic mass is 10.0. The molecule has 0 saturated carbocycles. The fourth-order valence-corrected chi connectivity index (χ4v) is 6.81. The lowest BCUT2D eigenvalue weighted by molar-refractivity contribution is 0.673. The number of anilines is 3. The number of nitrogens with zero attached hydrogens (tertiary/aromatic N) is 1. The van der Waals surface area contributed by atoms with Gasteiger partial charge in [-0.3, -0.25) is 0 Å². The van der Waals surface area contributed by atoms with Crippen molar-refractivity contribution in [2.75, 3.05) is 4.90 Å². The van der Waals surface area contributed by atoms with Crippen LogP contribution in [-0.2, 0) is 0 Å². The molecule has 174 valence electrons. The normalized spacial score (nSPS) is 11.8. The van der Waals surface area contributed by atoms with Gasteiger partial charge in [0.2, 0.25) is 0 Å². The molecule has 3 heteroatoms. The number of benzene rings is 6. The van der Waals surface area contributed by atoms with Crippen molar-refractivity contribution in [3.8, 4) is 0 Å². The van der Waals surface area contributed by atoms with E-state index in [0.29, 0.717) is 0 Å². The topological polar surface area (TPSA) is 16.4 Å². The summed E-state index contributed by atoms with van der Waals surface area (Å²) in [6.07, 6.45) is 0. The van der Waals surface area contributed by atoms with Gasteiger partial charge in [0, 0.05) is 37.3 Å². The summed E-state index contributed by atoms with van der Waals surface area (Å²) >= 11 is 1.83. The van der Waals surface area contributed by atoms with Crippen LogP contribution in [0.3, 0.4) is 0 Å². The molecule has 0 radical (unpaired) electrons. The van der Waals surface area contributed by atoms with Crippen molar-refractivity contribution in [2.24, 2.45) is 0 Å². The summed E-state index contributed by atoms with van der Waals surface area (Å²) in [5, 5.41) is 7.15. The fourth-order valence-electron chi connectivity index (χ4n) is 5.60. The van der Waals surface area contributed by atoms with Crippen LogP contribution in [0.1, 0.15) is 0 Å². The van der Waals surface area contributed by atoms with Crippen LogP contribution in [0.15, 0.2) is 132 Å². The monoisotopic (exact) mass is 491 g/mol. The number of fused-ring (bicyclic) bond motifs is 8. The van der Waals surface area contributed by atoms with E-state index in [4.69, 9.17) is 4.42 Å². The molecule has 0 N–H and O–H groups in total. The highest BCUT2D eigenvalue weighted by Crippen LogP contribution is 2.50. The Bertz CT molecular complexity index is 2100. The molecule has 6 aromatic carbocycles. The Kier molecular flexibility index (Phi) is 4.42. The smallest absolute Gasteiger partial charge is 0.144 e. The van der Waals surface area contributed by atoms with Crippen LogP contribution in [0.2, 0.25) is 0 Å². The first-order valence-electron chi connectivity index (χ1n) is 12.5. The standard InChI is InChI=1S/C34H21NOS/c1-2-13-23(14-3-1)35(28-18-10-12-22-11-4-5-15-24(22)28)29-21-27-25-16-6-8-19-30(25)36-33(27)32-26-17-7-9-20-31(26)37-34(29)32/h1-21H. The highest BCUT2D eigenvalue weighted by Gasteiger charge is 2.23. The molecule has 37 heavy (non-hydrogen) atoms. The lowest BCUT2D eigenvalue weighted by Gasteiger charge is -2.27. The van der Waals surface area contributed by atoms with E-state index >= 15 is 0 Å². The quantitative estimate of drug-likeness (QED) is 0.244. The molecule has 0 unspecified atom stereocenters. The molecule has 0 amide bonds. The summed E-state index contributed by atoms with van der Waals surface area (Å²) in [5.41, 5.74) is 5.34. The third kappa shape index (κ3) is 3.05. The van der Waals surface area contributed by atoms with Crippen molar-refractivity contribution in [3.05, 3.63) is 127 Å². The van der Waals surface area contributed by atoms with Crippen molar-refractivity contribution in [2.45, 2.75) is 0 Å². The largest absolute Gasteiger partial charge is 0.455 e. The molecule has 8 aromatic rings. The fraction of sp³-hybridized carbons (Fsp3) is 0. The van der Waals surface area contributed by atoms with Crippen LogP contribution >= 0.6 is 11.3 Å². The Morgan fingerprint density at radius 1 is 0.541 bits per heavy atom. The van der Waals surface area contributed by atoms with Crippen molar-refractivity contribution >= 4 is 81.3 Å². The Balaban J connectivity index is 1.58. The van der Waals surface area contributed by atoms with Gasteiger partial charge in [-0.15, -0.1) is 11.3 Å². The Labute approximate surface area is 217 Å². The number of para-hydroxylation sites is 2. The van der Waals surface area contributed by atoms with Gasteiger partial charge in [0.1, 0.15) is 11.2 Å². The Morgan fingerprint density at radius 3 is 2.14 bits per heavy atom. The molecule has 8 rings (SSSR count). The minimum Gasteiger partial charge on any atom is -0.455 e. The Hall–Kier alpha value is -4.60. The molecule has 0 aliphatic heterocycles. The summed E-state index contributed by atoms with van der Waals surface area (Å²) in [4.78, 5) is 2.42. The van der Waals surface area contributed by atoms with Gasteiger partial charge in [-0.25, -0.2) is 0 Å². The average molecular weight is 492 g/mol. The maximum Gasteiger partial charge on any atom is 0.144 e. The maximum atomic E-state index is 6.54. The third-order valence-electron chi connectivity index (χ3n) is 7.23. The predicted molar refractivity (Wildman–Crippen MR) is 159 cm³/mol. The van der Waals surface area contributed by atoms with Crippen molar-refractivity contribution in [1.29, 1.82) is 0 Å². The van der Waals surface area contributed by atoms with Gasteiger partial charge in [0.25, 0.3) is 0 Å². The van der Waals surface area contributed by atoms with Crippen molar-refractivity contribution < 1.29 is 4.42 Å². The number of hydrogen-bond donors (Lipinski definition) is 0. The zero-order chi connectivity index (χ0) is 24.3. The molecule has 0 aliphatic carbocycles. The molecular weight excluding hydrogens is 470 g/mol. The lowest BCUT2D eigenvalue weighted by Crippen LogP contribution is -2.10. The number of hydrogen-bond acceptors (Lipinski definition) is 3.